The molecule has 2 aromatic rings. The zero-order chi connectivity index (χ0) is 22.9. The van der Waals surface area contributed by atoms with E-state index in [1.165, 1.54) is 0 Å². The van der Waals surface area contributed by atoms with Crippen LogP contribution in [0.3, 0.4) is 0 Å². The van der Waals surface area contributed by atoms with Crippen molar-refractivity contribution in [1.29, 1.82) is 0 Å². The van der Waals surface area contributed by atoms with Gasteiger partial charge in [-0.2, -0.15) is 0 Å². The van der Waals surface area contributed by atoms with Crippen molar-refractivity contribution >= 4 is 18.0 Å². The Balaban J connectivity index is 1.38. The molecule has 168 valence electrons. The van der Waals surface area contributed by atoms with Gasteiger partial charge in [0.15, 0.2) is 0 Å². The second-order valence-corrected chi connectivity index (χ2v) is 9.03. The zero-order valence-electron chi connectivity index (χ0n) is 18.3. The van der Waals surface area contributed by atoms with Crippen LogP contribution in [-0.2, 0) is 14.3 Å². The smallest absolute Gasteiger partial charge is 0.408 e. The fraction of sp³-hybridized carbons (Fsp3) is 0.400. The van der Waals surface area contributed by atoms with E-state index >= 15 is 0 Å². The molecule has 7 nitrogen and oxygen atoms in total. The Morgan fingerprint density at radius 2 is 1.59 bits per heavy atom. The summed E-state index contributed by atoms with van der Waals surface area (Å²) < 4.78 is 5.54. The van der Waals surface area contributed by atoms with E-state index in [1.54, 1.807) is 0 Å². The number of carboxylic acids is 1. The SMILES string of the molecule is CC(C)CC(NC(=O)C1(NC(=O)OCC2c3ccccc3-c3ccccc32)CC1)C(=O)O. The van der Waals surface area contributed by atoms with E-state index in [1.807, 2.05) is 50.2 Å². The molecule has 4 rings (SSSR count). The molecule has 32 heavy (non-hydrogen) atoms. The first-order chi connectivity index (χ1) is 15.3. The number of nitrogens with one attached hydrogen (secondary N) is 2. The van der Waals surface area contributed by atoms with Gasteiger partial charge in [0.2, 0.25) is 5.91 Å². The molecule has 7 heteroatoms. The largest absolute Gasteiger partial charge is 0.480 e. The maximum atomic E-state index is 12.7. The molecule has 3 N–H and O–H groups in total. The van der Waals surface area contributed by atoms with Gasteiger partial charge in [-0.25, -0.2) is 9.59 Å². The highest BCUT2D eigenvalue weighted by molar-refractivity contribution is 5.95. The number of rotatable bonds is 8. The van der Waals surface area contributed by atoms with Crippen molar-refractivity contribution in [2.24, 2.45) is 5.92 Å². The summed E-state index contributed by atoms with van der Waals surface area (Å²) in [6.45, 7) is 3.94. The van der Waals surface area contributed by atoms with Crippen molar-refractivity contribution in [3.8, 4) is 11.1 Å². The van der Waals surface area contributed by atoms with E-state index in [2.05, 4.69) is 22.8 Å². The lowest BCUT2D eigenvalue weighted by Crippen LogP contribution is -2.53. The second-order valence-electron chi connectivity index (χ2n) is 9.03. The summed E-state index contributed by atoms with van der Waals surface area (Å²) in [6.07, 6.45) is 0.561. The monoisotopic (exact) mass is 436 g/mol. The van der Waals surface area contributed by atoms with Crippen LogP contribution in [0.15, 0.2) is 48.5 Å². The summed E-state index contributed by atoms with van der Waals surface area (Å²) in [5, 5.41) is 14.6. The van der Waals surface area contributed by atoms with Crippen LogP contribution in [0.5, 0.6) is 0 Å². The molecule has 1 fully saturated rings. The van der Waals surface area contributed by atoms with Gasteiger partial charge in [-0.05, 0) is 47.4 Å². The molecule has 2 amide bonds. The van der Waals surface area contributed by atoms with Crippen molar-refractivity contribution in [3.63, 3.8) is 0 Å². The first-order valence-corrected chi connectivity index (χ1v) is 11.0. The first-order valence-electron chi connectivity index (χ1n) is 11.0. The molecule has 0 radical (unpaired) electrons. The average Bonchev–Trinajstić information content (AvgIpc) is 3.47. The van der Waals surface area contributed by atoms with Gasteiger partial charge in [0.25, 0.3) is 0 Å². The number of ether oxygens (including phenoxy) is 1. The molecule has 1 atom stereocenters. The van der Waals surface area contributed by atoms with Gasteiger partial charge < -0.3 is 20.5 Å². The van der Waals surface area contributed by atoms with Gasteiger partial charge in [-0.15, -0.1) is 0 Å². The molecular formula is C25H28N2O5. The highest BCUT2D eigenvalue weighted by Gasteiger charge is 2.52. The number of aliphatic carboxylic acids is 1. The molecule has 0 aromatic heterocycles. The maximum absolute atomic E-state index is 12.7. The Morgan fingerprint density at radius 3 is 2.09 bits per heavy atom. The van der Waals surface area contributed by atoms with Crippen LogP contribution in [-0.4, -0.2) is 41.3 Å². The third kappa shape index (κ3) is 4.33. The highest BCUT2D eigenvalue weighted by Crippen LogP contribution is 2.44. The topological polar surface area (TPSA) is 105 Å². The first kappa shape index (κ1) is 21.9. The van der Waals surface area contributed by atoms with Crippen LogP contribution in [0.1, 0.15) is 50.2 Å². The van der Waals surface area contributed by atoms with Crippen LogP contribution in [0, 0.1) is 5.92 Å². The Bertz CT molecular complexity index is 999. The number of carboxylic acid groups (broad SMARTS) is 1. The van der Waals surface area contributed by atoms with Crippen LogP contribution in [0.25, 0.3) is 11.1 Å². The molecule has 0 heterocycles. The van der Waals surface area contributed by atoms with Crippen LogP contribution in [0.4, 0.5) is 4.79 Å². The molecule has 2 aliphatic rings. The van der Waals surface area contributed by atoms with E-state index in [4.69, 9.17) is 4.74 Å². The minimum Gasteiger partial charge on any atom is -0.480 e. The Morgan fingerprint density at radius 1 is 1.03 bits per heavy atom. The van der Waals surface area contributed by atoms with E-state index in [0.717, 1.165) is 22.3 Å². The molecular weight excluding hydrogens is 408 g/mol. The maximum Gasteiger partial charge on any atom is 0.408 e. The molecule has 0 saturated heterocycles. The third-order valence-electron chi connectivity index (χ3n) is 6.18. The zero-order valence-corrected chi connectivity index (χ0v) is 18.3. The fourth-order valence-electron chi connectivity index (χ4n) is 4.35. The molecule has 2 aromatic carbocycles. The van der Waals surface area contributed by atoms with E-state index in [0.29, 0.717) is 19.3 Å². The highest BCUT2D eigenvalue weighted by atomic mass is 16.5. The average molecular weight is 437 g/mol. The Labute approximate surface area is 187 Å². The third-order valence-corrected chi connectivity index (χ3v) is 6.18. The normalized spacial score (nSPS) is 16.6. The van der Waals surface area contributed by atoms with Gasteiger partial charge >= 0.3 is 12.1 Å². The lowest BCUT2D eigenvalue weighted by molar-refractivity contribution is -0.142. The number of fused-ring (bicyclic) bond motifs is 3. The van der Waals surface area contributed by atoms with Crippen molar-refractivity contribution in [2.45, 2.75) is 50.6 Å². The molecule has 2 aliphatic carbocycles. The molecule has 0 spiro atoms. The molecule has 1 unspecified atom stereocenters. The van der Waals surface area contributed by atoms with Crippen molar-refractivity contribution in [1.82, 2.24) is 10.6 Å². The molecule has 0 bridgehead atoms. The van der Waals surface area contributed by atoms with Crippen molar-refractivity contribution in [3.05, 3.63) is 59.7 Å². The Hall–Kier alpha value is -3.35. The lowest BCUT2D eigenvalue weighted by atomic mass is 9.98. The van der Waals surface area contributed by atoms with Gasteiger partial charge in [0.05, 0.1) is 0 Å². The second kappa shape index (κ2) is 8.65. The summed E-state index contributed by atoms with van der Waals surface area (Å²) in [6, 6.07) is 15.1. The van der Waals surface area contributed by atoms with Gasteiger partial charge in [-0.1, -0.05) is 62.4 Å². The fourth-order valence-corrected chi connectivity index (χ4v) is 4.35. The molecule has 1 saturated carbocycles. The van der Waals surface area contributed by atoms with Crippen LogP contribution in [0.2, 0.25) is 0 Å². The minimum absolute atomic E-state index is 0.0698. The summed E-state index contributed by atoms with van der Waals surface area (Å²) in [5.74, 6) is -1.51. The standard InChI is InChI=1S/C25H28N2O5/c1-15(2)13-21(22(28)29)26-23(30)25(11-12-25)27-24(31)32-14-20-18-9-5-3-7-16(18)17-8-4-6-10-19(17)20/h3-10,15,20-21H,11-14H2,1-2H3,(H,26,30)(H,27,31)(H,28,29). The Kier molecular flexibility index (Phi) is 5.91. The van der Waals surface area contributed by atoms with E-state index in [-0.39, 0.29) is 18.4 Å². The van der Waals surface area contributed by atoms with Gasteiger partial charge in [-0.3, -0.25) is 4.79 Å². The lowest BCUT2D eigenvalue weighted by Gasteiger charge is -2.22. The van der Waals surface area contributed by atoms with E-state index in [9.17, 15) is 19.5 Å². The number of alkyl carbamates (subject to hydrolysis) is 1. The van der Waals surface area contributed by atoms with Crippen LogP contribution >= 0.6 is 0 Å². The summed E-state index contributed by atoms with van der Waals surface area (Å²) in [7, 11) is 0. The van der Waals surface area contributed by atoms with Crippen LogP contribution < -0.4 is 10.6 Å². The number of carbonyl (C=O) groups excluding carboxylic acids is 2. The van der Waals surface area contributed by atoms with Gasteiger partial charge in [0, 0.05) is 5.92 Å². The minimum atomic E-state index is -1.09. The summed E-state index contributed by atoms with van der Waals surface area (Å²) in [4.78, 5) is 36.7. The molecule has 0 aliphatic heterocycles. The quantitative estimate of drug-likeness (QED) is 0.586. The predicted molar refractivity (Wildman–Crippen MR) is 119 cm³/mol. The van der Waals surface area contributed by atoms with Crippen molar-refractivity contribution < 1.29 is 24.2 Å². The number of carbonyl (C=O) groups is 3. The summed E-state index contributed by atoms with van der Waals surface area (Å²) >= 11 is 0. The number of hydrogen-bond donors (Lipinski definition) is 3. The number of benzene rings is 2. The van der Waals surface area contributed by atoms with Gasteiger partial charge in [0.1, 0.15) is 18.2 Å². The van der Waals surface area contributed by atoms with Crippen molar-refractivity contribution in [2.75, 3.05) is 6.61 Å². The number of hydrogen-bond acceptors (Lipinski definition) is 4. The summed E-state index contributed by atoms with van der Waals surface area (Å²) in [5.41, 5.74) is 3.41. The number of amides is 2. The van der Waals surface area contributed by atoms with E-state index < -0.39 is 29.6 Å². The predicted octanol–water partition coefficient (Wildman–Crippen LogP) is 3.67.